The van der Waals surface area contributed by atoms with Crippen LogP contribution in [-0.4, -0.2) is 106 Å². The van der Waals surface area contributed by atoms with Gasteiger partial charge in [-0.2, -0.15) is 48.3 Å². The maximum Gasteiger partial charge on any atom is 0.330 e. The summed E-state index contributed by atoms with van der Waals surface area (Å²) in [6.45, 7) is 14.8. The average Bonchev–Trinajstić information content (AvgIpc) is 0.816. The first-order valence-corrected chi connectivity index (χ1v) is 41.8. The van der Waals surface area contributed by atoms with Gasteiger partial charge in [-0.25, -0.2) is 66.7 Å². The summed E-state index contributed by atoms with van der Waals surface area (Å²) in [5.41, 5.74) is 3.88. The van der Waals surface area contributed by atoms with Gasteiger partial charge in [-0.3, -0.25) is 24.0 Å². The molecule has 0 saturated heterocycles. The van der Waals surface area contributed by atoms with Crippen molar-refractivity contribution in [3.8, 4) is 34.5 Å². The Labute approximate surface area is 799 Å². The lowest BCUT2D eigenvalue weighted by atomic mass is 10.1. The van der Waals surface area contributed by atoms with Crippen LogP contribution in [0.25, 0.3) is 0 Å². The molecule has 0 spiro atoms. The van der Waals surface area contributed by atoms with E-state index in [-0.39, 0.29) is 121 Å². The largest absolute Gasteiger partial charge is 0.497 e. The fraction of sp³-hybridized carbons (Fsp3) is 0.214. The van der Waals surface area contributed by atoms with E-state index in [2.05, 4.69) is 66.8 Å². The maximum absolute atomic E-state index is 14.3. The van der Waals surface area contributed by atoms with Crippen molar-refractivity contribution < 1.29 is 94.3 Å². The zero-order valence-electron chi connectivity index (χ0n) is 77.6. The highest BCUT2D eigenvalue weighted by Gasteiger charge is 2.23. The molecule has 0 saturated carbocycles. The third-order valence-corrected chi connectivity index (χ3v) is 20.7. The zero-order chi connectivity index (χ0) is 103. The third kappa shape index (κ3) is 27.4. The van der Waals surface area contributed by atoms with Crippen molar-refractivity contribution in [3.05, 3.63) is 381 Å². The van der Waals surface area contributed by atoms with Crippen molar-refractivity contribution in [2.75, 3.05) is 69.2 Å². The van der Waals surface area contributed by atoms with Crippen molar-refractivity contribution in [1.29, 1.82) is 0 Å². The Balaban J connectivity index is 0.000000182. The van der Waals surface area contributed by atoms with Gasteiger partial charge in [0.25, 0.3) is 17.1 Å². The Morgan fingerprint density at radius 1 is 0.296 bits per heavy atom. The molecule has 0 amide bonds. The van der Waals surface area contributed by atoms with E-state index in [1.165, 1.54) is 131 Å². The van der Waals surface area contributed by atoms with Crippen LogP contribution in [0.15, 0.2) is 188 Å². The highest BCUT2D eigenvalue weighted by molar-refractivity contribution is 5.67. The molecule has 744 valence electrons. The van der Waals surface area contributed by atoms with Crippen LogP contribution in [-0.2, 0) is 32.7 Å². The van der Waals surface area contributed by atoms with Crippen LogP contribution in [0.3, 0.4) is 0 Å². The molecule has 0 unspecified atom stereocenters. The number of nitrogens with zero attached hydrogens (tertiary/aromatic N) is 13. The lowest BCUT2D eigenvalue weighted by molar-refractivity contribution is 0.355. The van der Waals surface area contributed by atoms with Crippen molar-refractivity contribution in [3.63, 3.8) is 0 Å². The lowest BCUT2D eigenvalue weighted by Gasteiger charge is -2.17. The molecule has 5 aromatic heterocycles. The second-order valence-electron chi connectivity index (χ2n) is 31.2. The number of hydrogen-bond donors (Lipinski definition) is 5. The first-order valence-electron chi connectivity index (χ1n) is 41.8. The number of anilines is 10. The van der Waals surface area contributed by atoms with Crippen LogP contribution in [0.4, 0.5) is 124 Å². The Morgan fingerprint density at radius 2 is 0.704 bits per heavy atom. The molecule has 0 aliphatic rings. The van der Waals surface area contributed by atoms with Crippen molar-refractivity contribution in [2.24, 2.45) is 0 Å². The first kappa shape index (κ1) is 107. The Morgan fingerprint density at radius 3 is 1.18 bits per heavy atom. The third-order valence-electron chi connectivity index (χ3n) is 20.7. The lowest BCUT2D eigenvalue weighted by Crippen LogP contribution is -2.24. The number of halogens is 15. The molecule has 0 aliphatic carbocycles. The highest BCUT2D eigenvalue weighted by atomic mass is 19.2. The summed E-state index contributed by atoms with van der Waals surface area (Å²) >= 11 is 0. The minimum Gasteiger partial charge on any atom is -0.497 e. The normalized spacial score (nSPS) is 10.7. The van der Waals surface area contributed by atoms with Gasteiger partial charge in [-0.05, 0) is 226 Å². The van der Waals surface area contributed by atoms with Gasteiger partial charge in [0.05, 0.1) is 81.1 Å². The summed E-state index contributed by atoms with van der Waals surface area (Å²) in [6.07, 6.45) is 2.77. The van der Waals surface area contributed by atoms with Crippen LogP contribution in [0.1, 0.15) is 85.4 Å². The summed E-state index contributed by atoms with van der Waals surface area (Å²) in [6, 6.07) is 33.2. The number of rotatable bonds is 26. The van der Waals surface area contributed by atoms with E-state index < -0.39 is 109 Å². The smallest absolute Gasteiger partial charge is 0.330 e. The van der Waals surface area contributed by atoms with E-state index in [0.717, 1.165) is 62.7 Å². The minimum absolute atomic E-state index is 0. The molecule has 5 N–H and O–H groups in total. The molecular weight excluding hydrogens is 1890 g/mol. The summed E-state index contributed by atoms with van der Waals surface area (Å²) in [4.78, 5) is 77.5. The number of methoxy groups -OCH3 is 6. The molecule has 142 heavy (non-hydrogen) atoms. The summed E-state index contributed by atoms with van der Waals surface area (Å²) < 4.78 is 242. The van der Waals surface area contributed by atoms with Gasteiger partial charge < -0.3 is 64.1 Å². The number of aromatic nitrogens is 13. The second-order valence-corrected chi connectivity index (χ2v) is 31.2. The SMILES string of the molecule is C.COc1cc(C)c(Nc2nc(=O)c(C)nn2Cc2cc(C)cc(F)c2)cc1OC.COc1cc(C)c(Nc2nc(=O)cnn2Cc2cc(C)c(F)c(F)c2)cc1OC.COc1ccc(F)c(Nc2nc(=O)c(F)cn2Cc2cc(F)c(F)c(F)c2)c1.COc1ccc(Nc2nc(=O)c(F)cn2Cc2cc(C)cc(F)c2)c(C)c1F.Cc1ccc(F)cc1Nc1nc(=O)c(F)nn1Cc1cc(C)c(F)c(F)c1. The molecule has 10 aromatic carbocycles. The molecule has 5 heterocycles. The molecule has 0 aliphatic heterocycles. The van der Waals surface area contributed by atoms with Gasteiger partial charge in [0.1, 0.15) is 40.9 Å². The quantitative estimate of drug-likeness (QED) is 0.0248. The van der Waals surface area contributed by atoms with Gasteiger partial charge in [-0.15, -0.1) is 5.10 Å². The van der Waals surface area contributed by atoms with E-state index in [0.29, 0.717) is 91.4 Å². The fourth-order valence-corrected chi connectivity index (χ4v) is 13.7. The van der Waals surface area contributed by atoms with Crippen LogP contribution >= 0.6 is 0 Å². The molecule has 0 fully saturated rings. The highest BCUT2D eigenvalue weighted by Crippen LogP contribution is 2.37. The Kier molecular flexibility index (Phi) is 35.8. The summed E-state index contributed by atoms with van der Waals surface area (Å²) in [5.74, 6) is -12.1. The number of benzene rings is 10. The zero-order valence-corrected chi connectivity index (χ0v) is 77.6. The summed E-state index contributed by atoms with van der Waals surface area (Å²) in [5, 5.41) is 26.2. The monoisotopic (exact) mass is 1980 g/mol. The number of hydrogen-bond acceptors (Lipinski definition) is 24. The van der Waals surface area contributed by atoms with E-state index >= 15 is 0 Å². The topological polar surface area (TPSA) is 329 Å². The van der Waals surface area contributed by atoms with Gasteiger partial charge >= 0.3 is 16.7 Å². The van der Waals surface area contributed by atoms with Gasteiger partial charge in [0, 0.05) is 58.9 Å². The summed E-state index contributed by atoms with van der Waals surface area (Å²) in [7, 11) is 8.88. The van der Waals surface area contributed by atoms with Crippen molar-refractivity contribution >= 4 is 58.2 Å². The molecule has 0 radical (unpaired) electrons. The first-order chi connectivity index (χ1) is 66.9. The van der Waals surface area contributed by atoms with Gasteiger partial charge in [0.2, 0.25) is 41.4 Å². The van der Waals surface area contributed by atoms with Gasteiger partial charge in [0.15, 0.2) is 75.3 Å². The molecule has 15 rings (SSSR count). The van der Waals surface area contributed by atoms with Crippen molar-refractivity contribution in [1.82, 2.24) is 63.4 Å². The van der Waals surface area contributed by atoms with Crippen molar-refractivity contribution in [2.45, 2.75) is 102 Å². The standard InChI is InChI=1S/C21H23FN4O3.C20H18F3N3O2.C20H20F2N4O3.C18H12F5N3O2.C18H14F4N4O.CH4/c1-12-6-15(9-16(22)7-12)11-26-21(24-20(27)14(3)25-26)23-17-10-19(29-5)18(28-4)8-13(17)2;1-11-6-13(8-14(21)7-11)9-26-10-15(22)19(27)25-20(26)24-16-4-5-17(28-3)18(23)12(16)2;1-11-6-16(28-3)17(29-4)8-15(11)24-20-25-18(27)9-23-26(20)10-13-5-12(2)19(22)14(21)7-13;1-28-10-2-3-11(19)15(6-10)24-18-25-17(27)14(22)8-26(18)7-9-4-12(20)16(23)13(21)5-9;1-9-3-4-12(19)7-14(9)23-18-24-17(27)16(22)25-26(18)8-11-5-10(2)15(21)13(20)6-11;/h6-10H,11H2,1-5H3,(H,23,24,27);4-8,10H,9H2,1-3H3,(H,24,25,27);5-9H,10H2,1-4H3,(H,24,25,27);2-6,8H,7H2,1H3,(H,24,25,27);3-7H,8H2,1-2H3,(H,23,24,27);1H4. The molecule has 0 atom stereocenters. The predicted octanol–water partition coefficient (Wildman–Crippen LogP) is 18.9. The minimum atomic E-state index is -1.65. The number of nitrogens with one attached hydrogen (secondary N) is 5. The number of ether oxygens (including phenoxy) is 6. The Hall–Kier alpha value is -16.9. The van der Waals surface area contributed by atoms with Crippen LogP contribution in [0.5, 0.6) is 34.5 Å². The average molecular weight is 1980 g/mol. The Bertz CT molecular complexity index is 7430. The van der Waals surface area contributed by atoms with Gasteiger partial charge in [-0.1, -0.05) is 37.8 Å². The molecular formula is C98H91F15N18O11. The van der Waals surface area contributed by atoms with Crippen LogP contribution in [0, 0.1) is 150 Å². The molecule has 44 heteroatoms. The van der Waals surface area contributed by atoms with E-state index in [9.17, 15) is 89.8 Å². The molecule has 0 bridgehead atoms. The van der Waals surface area contributed by atoms with E-state index in [1.807, 2.05) is 32.9 Å². The number of aryl methyl sites for hydroxylation is 8. The molecule has 29 nitrogen and oxygen atoms in total. The van der Waals surface area contributed by atoms with Crippen LogP contribution in [0.2, 0.25) is 0 Å². The maximum atomic E-state index is 14.3. The van der Waals surface area contributed by atoms with Crippen LogP contribution < -0.4 is 82.8 Å². The molecule has 15 aromatic rings. The second kappa shape index (κ2) is 47.5. The van der Waals surface area contributed by atoms with E-state index in [1.54, 1.807) is 70.0 Å². The fourth-order valence-electron chi connectivity index (χ4n) is 13.7. The van der Waals surface area contributed by atoms with E-state index in [4.69, 9.17) is 28.4 Å². The predicted molar refractivity (Wildman–Crippen MR) is 500 cm³/mol.